The number of hydrogen-bond donors (Lipinski definition) is 2. The van der Waals surface area contributed by atoms with Crippen molar-refractivity contribution in [2.75, 3.05) is 11.1 Å². The van der Waals surface area contributed by atoms with E-state index in [1.54, 1.807) is 6.33 Å². The lowest BCUT2D eigenvalue weighted by atomic mass is 9.80. The van der Waals surface area contributed by atoms with Gasteiger partial charge in [0.25, 0.3) is 0 Å². The lowest BCUT2D eigenvalue weighted by Gasteiger charge is -2.30. The summed E-state index contributed by atoms with van der Waals surface area (Å²) < 4.78 is 7.74. The van der Waals surface area contributed by atoms with Gasteiger partial charge in [-0.2, -0.15) is 9.97 Å². The number of amides is 1. The third-order valence-electron chi connectivity index (χ3n) is 8.10. The van der Waals surface area contributed by atoms with E-state index < -0.39 is 5.60 Å². The van der Waals surface area contributed by atoms with E-state index in [4.69, 9.17) is 27.1 Å². The molecule has 12 heteroatoms. The van der Waals surface area contributed by atoms with Gasteiger partial charge in [0, 0.05) is 22.8 Å². The zero-order valence-electron chi connectivity index (χ0n) is 21.7. The highest BCUT2D eigenvalue weighted by molar-refractivity contribution is 7.16. The van der Waals surface area contributed by atoms with Crippen LogP contribution in [0.4, 0.5) is 10.9 Å². The summed E-state index contributed by atoms with van der Waals surface area (Å²) >= 11 is 7.54. The molecule has 3 heterocycles. The first-order valence-corrected chi connectivity index (χ1v) is 14.5. The molecule has 1 amide bonds. The number of hydrogen-bond acceptors (Lipinski definition) is 9. The Morgan fingerprint density at radius 3 is 2.63 bits per heavy atom. The molecule has 3 aromatic rings. The second-order valence-corrected chi connectivity index (χ2v) is 13.1. The normalized spacial score (nSPS) is 26.8. The smallest absolute Gasteiger partial charge is 0.310 e. The fraction of sp³-hybridized carbons (Fsp3) is 0.615. The number of nitrogen functional groups attached to an aromatic ring is 1. The van der Waals surface area contributed by atoms with Crippen molar-refractivity contribution in [3.8, 4) is 0 Å². The summed E-state index contributed by atoms with van der Waals surface area (Å²) in [7, 11) is 0. The van der Waals surface area contributed by atoms with Crippen LogP contribution in [0.2, 0.25) is 5.28 Å². The summed E-state index contributed by atoms with van der Waals surface area (Å²) in [5.41, 5.74) is 7.66. The number of nitrogens with two attached hydrogens (primary N) is 1. The first-order valence-electron chi connectivity index (χ1n) is 13.3. The van der Waals surface area contributed by atoms with Crippen LogP contribution < -0.4 is 11.1 Å². The molecule has 3 aliphatic carbocycles. The molecule has 3 N–H and O–H groups in total. The van der Waals surface area contributed by atoms with E-state index in [1.165, 1.54) is 11.3 Å². The molecule has 2 fully saturated rings. The number of nitrogens with zero attached hydrogens (tertiary/aromatic N) is 5. The van der Waals surface area contributed by atoms with Crippen LogP contribution in [0.5, 0.6) is 0 Å². The highest BCUT2D eigenvalue weighted by atomic mass is 35.5. The molecule has 202 valence electrons. The fourth-order valence-corrected chi connectivity index (χ4v) is 7.78. The van der Waals surface area contributed by atoms with Gasteiger partial charge in [-0.25, -0.2) is 9.97 Å². The van der Waals surface area contributed by atoms with E-state index in [-0.39, 0.29) is 52.7 Å². The zero-order chi connectivity index (χ0) is 26.8. The Labute approximate surface area is 229 Å². The number of esters is 1. The number of ether oxygens (including phenoxy) is 1. The second kappa shape index (κ2) is 9.44. The van der Waals surface area contributed by atoms with Gasteiger partial charge in [-0.15, -0.1) is 11.3 Å². The molecule has 10 nitrogen and oxygen atoms in total. The molecular formula is C26H32ClN7O3S. The van der Waals surface area contributed by atoms with Gasteiger partial charge in [0.15, 0.2) is 16.6 Å². The third kappa shape index (κ3) is 4.64. The maximum Gasteiger partial charge on any atom is 0.310 e. The van der Waals surface area contributed by atoms with Crippen molar-refractivity contribution in [3.05, 3.63) is 22.2 Å². The number of rotatable bonds is 4. The van der Waals surface area contributed by atoms with Crippen molar-refractivity contribution in [2.45, 2.75) is 83.3 Å². The highest BCUT2D eigenvalue weighted by Gasteiger charge is 2.49. The van der Waals surface area contributed by atoms with Crippen LogP contribution in [0.25, 0.3) is 11.2 Å². The Morgan fingerprint density at radius 1 is 1.13 bits per heavy atom. The number of imidazole rings is 1. The predicted octanol–water partition coefficient (Wildman–Crippen LogP) is 4.90. The van der Waals surface area contributed by atoms with E-state index >= 15 is 0 Å². The maximum absolute atomic E-state index is 13.2. The Morgan fingerprint density at radius 2 is 1.89 bits per heavy atom. The number of halogens is 1. The molecule has 2 bridgehead atoms. The van der Waals surface area contributed by atoms with Gasteiger partial charge in [-0.05, 0) is 83.2 Å². The topological polar surface area (TPSA) is 138 Å². The van der Waals surface area contributed by atoms with Gasteiger partial charge in [0.05, 0.1) is 17.9 Å². The summed E-state index contributed by atoms with van der Waals surface area (Å²) in [5.74, 6) is 0.365. The van der Waals surface area contributed by atoms with Gasteiger partial charge in [-0.3, -0.25) is 9.59 Å². The average molecular weight is 558 g/mol. The van der Waals surface area contributed by atoms with Gasteiger partial charge in [-0.1, -0.05) is 0 Å². The van der Waals surface area contributed by atoms with Crippen molar-refractivity contribution >= 4 is 56.9 Å². The van der Waals surface area contributed by atoms with Gasteiger partial charge < -0.3 is 20.4 Å². The molecule has 3 atom stereocenters. The molecule has 6 rings (SSSR count). The van der Waals surface area contributed by atoms with E-state index in [9.17, 15) is 9.59 Å². The predicted molar refractivity (Wildman–Crippen MR) is 145 cm³/mol. The number of fused-ring (bicyclic) bond motifs is 5. The largest absolute Gasteiger partial charge is 0.460 e. The van der Waals surface area contributed by atoms with Gasteiger partial charge in [0.2, 0.25) is 11.2 Å². The minimum atomic E-state index is -0.498. The van der Waals surface area contributed by atoms with Crippen LogP contribution >= 0.6 is 22.9 Å². The van der Waals surface area contributed by atoms with Crippen LogP contribution in [-0.2, 0) is 20.7 Å². The van der Waals surface area contributed by atoms with Crippen molar-refractivity contribution in [2.24, 2.45) is 17.8 Å². The Kier molecular flexibility index (Phi) is 6.33. The van der Waals surface area contributed by atoms with Crippen LogP contribution in [0.1, 0.15) is 81.8 Å². The monoisotopic (exact) mass is 557 g/mol. The number of carbonyl (C=O) groups is 2. The molecule has 0 saturated heterocycles. The SMILES string of the molecule is CC(C)(C)OC(=O)C1[C@H]2CC[C@H]1c1sc(NC(=O)C3CCC(n4cnc5c(N)nc(Cl)nc54)CC3)nc1C2. The number of carbonyl (C=O) groups excluding carboxylic acids is 2. The standard InChI is InChI=1S/C26H32ClN7O3S/c1-26(2,3)37-23(36)17-13-6-9-15(17)19-16(10-13)30-25(38-19)33-22(35)12-4-7-14(8-5-12)34-11-29-18-20(28)31-24(27)32-21(18)34/h11-15,17H,4-10H2,1-3H3,(H2,28,31,32)(H,30,33,35)/t12?,13-,14?,15+,17?/m0/s1. The molecular weight excluding hydrogens is 526 g/mol. The minimum absolute atomic E-state index is 0.00787. The molecule has 0 aliphatic heterocycles. The van der Waals surface area contributed by atoms with Gasteiger partial charge in [0.1, 0.15) is 11.1 Å². The van der Waals surface area contributed by atoms with Gasteiger partial charge >= 0.3 is 5.97 Å². The Bertz CT molecular complexity index is 1410. The number of nitrogens with one attached hydrogen (secondary N) is 1. The van der Waals surface area contributed by atoms with Crippen LogP contribution in [0.3, 0.4) is 0 Å². The third-order valence-corrected chi connectivity index (χ3v) is 9.41. The molecule has 0 aromatic carbocycles. The van der Waals surface area contributed by atoms with E-state index in [1.807, 2.05) is 25.3 Å². The molecule has 2 saturated carbocycles. The lowest BCUT2D eigenvalue weighted by Crippen LogP contribution is -2.35. The van der Waals surface area contributed by atoms with Crippen molar-refractivity contribution in [1.82, 2.24) is 24.5 Å². The quantitative estimate of drug-likeness (QED) is 0.341. The molecule has 0 radical (unpaired) electrons. The Balaban J connectivity index is 1.10. The van der Waals surface area contributed by atoms with E-state index in [0.717, 1.165) is 55.5 Å². The van der Waals surface area contributed by atoms with Crippen LogP contribution in [0, 0.1) is 17.8 Å². The number of aromatic nitrogens is 5. The second-order valence-electron chi connectivity index (χ2n) is 11.7. The first-order chi connectivity index (χ1) is 18.1. The lowest BCUT2D eigenvalue weighted by molar-refractivity contribution is -0.162. The zero-order valence-corrected chi connectivity index (χ0v) is 23.3. The van der Waals surface area contributed by atoms with Crippen molar-refractivity contribution in [3.63, 3.8) is 0 Å². The Hall–Kier alpha value is -2.79. The fourth-order valence-electron chi connectivity index (χ4n) is 6.43. The minimum Gasteiger partial charge on any atom is -0.460 e. The van der Waals surface area contributed by atoms with E-state index in [0.29, 0.717) is 16.3 Å². The van der Waals surface area contributed by atoms with Crippen LogP contribution in [-0.4, -0.2) is 42.0 Å². The molecule has 3 aromatic heterocycles. The van der Waals surface area contributed by atoms with Crippen molar-refractivity contribution < 1.29 is 14.3 Å². The van der Waals surface area contributed by atoms with Crippen LogP contribution in [0.15, 0.2) is 6.33 Å². The molecule has 1 unspecified atom stereocenters. The molecule has 0 spiro atoms. The van der Waals surface area contributed by atoms with E-state index in [2.05, 4.69) is 20.3 Å². The summed E-state index contributed by atoms with van der Waals surface area (Å²) in [6.45, 7) is 5.73. The average Bonchev–Trinajstić information content (AvgIpc) is 3.53. The summed E-state index contributed by atoms with van der Waals surface area (Å²) in [6, 6.07) is 0.168. The molecule has 38 heavy (non-hydrogen) atoms. The molecule has 3 aliphatic rings. The highest BCUT2D eigenvalue weighted by Crippen LogP contribution is 2.53. The van der Waals surface area contributed by atoms with Crippen molar-refractivity contribution in [1.29, 1.82) is 0 Å². The summed E-state index contributed by atoms with van der Waals surface area (Å²) in [6.07, 6.45) is 7.62. The number of anilines is 2. The first kappa shape index (κ1) is 25.5. The summed E-state index contributed by atoms with van der Waals surface area (Å²) in [4.78, 5) is 44.7. The summed E-state index contributed by atoms with van der Waals surface area (Å²) in [5, 5.41) is 3.82. The number of thiazole rings is 1. The maximum atomic E-state index is 13.2.